The van der Waals surface area contributed by atoms with Gasteiger partial charge in [0.25, 0.3) is 0 Å². The Morgan fingerprint density at radius 1 is 1.43 bits per heavy atom. The third-order valence-electron chi connectivity index (χ3n) is 2.83. The Bertz CT molecular complexity index is 597. The maximum Gasteiger partial charge on any atom is 0.233 e. The number of aromatic amines is 1. The van der Waals surface area contributed by atoms with E-state index in [1.54, 1.807) is 7.11 Å². The second-order valence-corrected chi connectivity index (χ2v) is 5.66. The molecule has 2 N–H and O–H groups in total. The van der Waals surface area contributed by atoms with Crippen molar-refractivity contribution < 1.29 is 9.53 Å². The summed E-state index contributed by atoms with van der Waals surface area (Å²) < 4.78 is 5.12. The lowest BCUT2D eigenvalue weighted by molar-refractivity contribution is -0.120. The molecule has 1 aromatic heterocycles. The third-order valence-corrected chi connectivity index (χ3v) is 3.79. The molecule has 0 fully saturated rings. The van der Waals surface area contributed by atoms with Crippen LogP contribution in [0.3, 0.4) is 0 Å². The minimum Gasteiger partial charge on any atom is -0.497 e. The van der Waals surface area contributed by atoms with Gasteiger partial charge >= 0.3 is 0 Å². The van der Waals surface area contributed by atoms with Crippen LogP contribution in [-0.2, 0) is 4.79 Å². The molecule has 0 bridgehead atoms. The van der Waals surface area contributed by atoms with Crippen LogP contribution in [0.25, 0.3) is 11.4 Å². The van der Waals surface area contributed by atoms with Crippen molar-refractivity contribution in [1.82, 2.24) is 20.5 Å². The highest BCUT2D eigenvalue weighted by Crippen LogP contribution is 2.23. The van der Waals surface area contributed by atoms with Gasteiger partial charge in [-0.15, -0.1) is 5.10 Å². The lowest BCUT2D eigenvalue weighted by Crippen LogP contribution is -2.30. The highest BCUT2D eigenvalue weighted by Gasteiger charge is 2.16. The summed E-state index contributed by atoms with van der Waals surface area (Å²) in [4.78, 5) is 16.1. The first-order valence-electron chi connectivity index (χ1n) is 6.65. The SMILES string of the molecule is CCNC(=O)[C@@H](C)Sc1n[nH]c(-c2ccc(OC)cc2)n1. The molecule has 2 aromatic rings. The number of carbonyl (C=O) groups excluding carboxylic acids is 1. The lowest BCUT2D eigenvalue weighted by atomic mass is 10.2. The van der Waals surface area contributed by atoms with Gasteiger partial charge in [0, 0.05) is 12.1 Å². The van der Waals surface area contributed by atoms with Crippen molar-refractivity contribution >= 4 is 17.7 Å². The number of aromatic nitrogens is 3. The van der Waals surface area contributed by atoms with Gasteiger partial charge in [0.15, 0.2) is 5.82 Å². The molecule has 1 amide bonds. The van der Waals surface area contributed by atoms with Gasteiger partial charge in [0.05, 0.1) is 12.4 Å². The summed E-state index contributed by atoms with van der Waals surface area (Å²) in [6.07, 6.45) is 0. The van der Waals surface area contributed by atoms with E-state index >= 15 is 0 Å². The van der Waals surface area contributed by atoms with E-state index in [1.165, 1.54) is 11.8 Å². The summed E-state index contributed by atoms with van der Waals surface area (Å²) in [5.41, 5.74) is 0.917. The molecule has 0 aliphatic carbocycles. The first kappa shape index (κ1) is 15.4. The van der Waals surface area contributed by atoms with Crippen LogP contribution in [0.15, 0.2) is 29.4 Å². The van der Waals surface area contributed by atoms with Crippen molar-refractivity contribution in [2.45, 2.75) is 24.3 Å². The van der Waals surface area contributed by atoms with E-state index in [1.807, 2.05) is 38.1 Å². The lowest BCUT2D eigenvalue weighted by Gasteiger charge is -2.07. The van der Waals surface area contributed by atoms with E-state index in [4.69, 9.17) is 4.74 Å². The summed E-state index contributed by atoms with van der Waals surface area (Å²) in [5, 5.41) is 10.1. The van der Waals surface area contributed by atoms with Gasteiger partial charge < -0.3 is 10.1 Å². The van der Waals surface area contributed by atoms with Crippen molar-refractivity contribution in [1.29, 1.82) is 0 Å². The average Bonchev–Trinajstić information content (AvgIpc) is 2.96. The average molecular weight is 306 g/mol. The quantitative estimate of drug-likeness (QED) is 0.799. The molecule has 0 aliphatic heterocycles. The molecule has 1 heterocycles. The van der Waals surface area contributed by atoms with E-state index < -0.39 is 0 Å². The molecule has 0 radical (unpaired) electrons. The zero-order valence-electron chi connectivity index (χ0n) is 12.2. The highest BCUT2D eigenvalue weighted by atomic mass is 32.2. The second kappa shape index (κ2) is 7.12. The molecule has 1 aromatic carbocycles. The first-order chi connectivity index (χ1) is 10.1. The van der Waals surface area contributed by atoms with Gasteiger partial charge in [-0.25, -0.2) is 4.98 Å². The van der Waals surface area contributed by atoms with Crippen LogP contribution in [0, 0.1) is 0 Å². The van der Waals surface area contributed by atoms with Crippen LogP contribution in [0.2, 0.25) is 0 Å². The third kappa shape index (κ3) is 3.98. The number of carbonyl (C=O) groups is 1. The van der Waals surface area contributed by atoms with Crippen molar-refractivity contribution in [3.05, 3.63) is 24.3 Å². The van der Waals surface area contributed by atoms with E-state index in [-0.39, 0.29) is 11.2 Å². The molecule has 1 atom stereocenters. The fourth-order valence-electron chi connectivity index (χ4n) is 1.71. The number of nitrogens with zero attached hydrogens (tertiary/aromatic N) is 2. The van der Waals surface area contributed by atoms with Gasteiger partial charge in [0.1, 0.15) is 5.75 Å². The number of hydrogen-bond donors (Lipinski definition) is 2. The summed E-state index contributed by atoms with van der Waals surface area (Å²) >= 11 is 1.32. The molecular weight excluding hydrogens is 288 g/mol. The standard InChI is InChI=1S/C14H18N4O2S/c1-4-15-13(19)9(2)21-14-16-12(17-18-14)10-5-7-11(20-3)8-6-10/h5-9H,4H2,1-3H3,(H,15,19)(H,16,17,18)/t9-/m1/s1. The molecule has 2 rings (SSSR count). The Kier molecular flexibility index (Phi) is 5.21. The normalized spacial score (nSPS) is 12.0. The van der Waals surface area contributed by atoms with E-state index in [9.17, 15) is 4.79 Å². The Morgan fingerprint density at radius 2 is 2.14 bits per heavy atom. The minimum atomic E-state index is -0.232. The number of benzene rings is 1. The molecule has 21 heavy (non-hydrogen) atoms. The Morgan fingerprint density at radius 3 is 2.76 bits per heavy atom. The van der Waals surface area contributed by atoms with Crippen LogP contribution in [-0.4, -0.2) is 40.0 Å². The summed E-state index contributed by atoms with van der Waals surface area (Å²) in [6.45, 7) is 4.35. The Labute approximate surface area is 127 Å². The molecule has 0 aliphatic rings. The molecule has 0 saturated carbocycles. The highest BCUT2D eigenvalue weighted by molar-refractivity contribution is 8.00. The minimum absolute atomic E-state index is 0.0155. The van der Waals surface area contributed by atoms with Gasteiger partial charge in [0.2, 0.25) is 11.1 Å². The number of amides is 1. The monoisotopic (exact) mass is 306 g/mol. The zero-order valence-corrected chi connectivity index (χ0v) is 13.0. The first-order valence-corrected chi connectivity index (χ1v) is 7.53. The molecule has 0 saturated heterocycles. The fourth-order valence-corrected chi connectivity index (χ4v) is 2.46. The van der Waals surface area contributed by atoms with Crippen molar-refractivity contribution in [2.24, 2.45) is 0 Å². The van der Waals surface area contributed by atoms with E-state index in [0.29, 0.717) is 17.5 Å². The fraction of sp³-hybridized carbons (Fsp3) is 0.357. The number of nitrogens with one attached hydrogen (secondary N) is 2. The van der Waals surface area contributed by atoms with Crippen molar-refractivity contribution in [3.8, 4) is 17.1 Å². The number of methoxy groups -OCH3 is 1. The number of H-pyrrole nitrogens is 1. The molecular formula is C14H18N4O2S. The predicted molar refractivity (Wildman–Crippen MR) is 82.4 cm³/mol. The number of rotatable bonds is 6. The van der Waals surface area contributed by atoms with Crippen molar-refractivity contribution in [2.75, 3.05) is 13.7 Å². The molecule has 112 valence electrons. The van der Waals surface area contributed by atoms with Gasteiger partial charge in [-0.05, 0) is 38.1 Å². The van der Waals surface area contributed by atoms with E-state index in [0.717, 1.165) is 11.3 Å². The summed E-state index contributed by atoms with van der Waals surface area (Å²) in [5.74, 6) is 1.44. The summed E-state index contributed by atoms with van der Waals surface area (Å²) in [6, 6.07) is 7.53. The topological polar surface area (TPSA) is 79.9 Å². The molecule has 7 heteroatoms. The maximum absolute atomic E-state index is 11.7. The summed E-state index contributed by atoms with van der Waals surface area (Å²) in [7, 11) is 1.63. The predicted octanol–water partition coefficient (Wildman–Crippen LogP) is 2.10. The van der Waals surface area contributed by atoms with Crippen LogP contribution < -0.4 is 10.1 Å². The van der Waals surface area contributed by atoms with Crippen molar-refractivity contribution in [3.63, 3.8) is 0 Å². The maximum atomic E-state index is 11.7. The van der Waals surface area contributed by atoms with E-state index in [2.05, 4.69) is 20.5 Å². The number of hydrogen-bond acceptors (Lipinski definition) is 5. The Hall–Kier alpha value is -2.02. The van der Waals surface area contributed by atoms with Crippen LogP contribution in [0.4, 0.5) is 0 Å². The largest absolute Gasteiger partial charge is 0.497 e. The van der Waals surface area contributed by atoms with Crippen LogP contribution >= 0.6 is 11.8 Å². The van der Waals surface area contributed by atoms with Gasteiger partial charge in [-0.2, -0.15) is 0 Å². The Balaban J connectivity index is 2.05. The van der Waals surface area contributed by atoms with Gasteiger partial charge in [-0.3, -0.25) is 9.89 Å². The van der Waals surface area contributed by atoms with Gasteiger partial charge in [-0.1, -0.05) is 11.8 Å². The zero-order chi connectivity index (χ0) is 15.2. The second-order valence-electron chi connectivity index (χ2n) is 4.35. The molecule has 0 unspecified atom stereocenters. The molecule has 6 nitrogen and oxygen atoms in total. The molecule has 0 spiro atoms. The number of ether oxygens (including phenoxy) is 1. The van der Waals surface area contributed by atoms with Crippen LogP contribution in [0.1, 0.15) is 13.8 Å². The smallest absolute Gasteiger partial charge is 0.233 e. The number of thioether (sulfide) groups is 1. The van der Waals surface area contributed by atoms with Crippen LogP contribution in [0.5, 0.6) is 5.75 Å².